The highest BCUT2D eigenvalue weighted by atomic mass is 19.4. The number of rotatable bonds is 7. The molecule has 2 aliphatic heterocycles. The van der Waals surface area contributed by atoms with Gasteiger partial charge in [-0.2, -0.15) is 13.2 Å². The number of hydrogen-bond acceptors (Lipinski definition) is 7. The van der Waals surface area contributed by atoms with Gasteiger partial charge in [-0.1, -0.05) is 24.3 Å². The molecule has 2 heterocycles. The van der Waals surface area contributed by atoms with Crippen molar-refractivity contribution < 1.29 is 41.9 Å². The molecule has 2 N–H and O–H groups in total. The van der Waals surface area contributed by atoms with E-state index in [9.17, 15) is 37.1 Å². The highest BCUT2D eigenvalue weighted by Gasteiger charge is 2.32. The molecule has 2 saturated heterocycles. The summed E-state index contributed by atoms with van der Waals surface area (Å²) in [5, 5.41) is 5.08. The number of halogens is 3. The van der Waals surface area contributed by atoms with Gasteiger partial charge in [0.05, 0.1) is 24.2 Å². The van der Waals surface area contributed by atoms with Crippen molar-refractivity contribution in [3.63, 3.8) is 0 Å². The molecule has 0 saturated carbocycles. The Balaban J connectivity index is 1.14. The second kappa shape index (κ2) is 13.5. The van der Waals surface area contributed by atoms with E-state index in [0.29, 0.717) is 19.5 Å². The van der Waals surface area contributed by atoms with Gasteiger partial charge in [-0.15, -0.1) is 0 Å². The lowest BCUT2D eigenvalue weighted by Crippen LogP contribution is -2.53. The maximum Gasteiger partial charge on any atom is 0.417 e. The van der Waals surface area contributed by atoms with Gasteiger partial charge in [-0.05, 0) is 36.8 Å². The Morgan fingerprint density at radius 1 is 0.857 bits per heavy atom. The molecular weight excluding hydrogens is 559 g/mol. The minimum atomic E-state index is -4.59. The summed E-state index contributed by atoms with van der Waals surface area (Å²) in [7, 11) is 0. The van der Waals surface area contributed by atoms with Crippen LogP contribution in [0.1, 0.15) is 32.7 Å². The van der Waals surface area contributed by atoms with Crippen LogP contribution in [0.25, 0.3) is 0 Å². The van der Waals surface area contributed by atoms with Gasteiger partial charge in [0.1, 0.15) is 0 Å². The number of likely N-dealkylation sites (tertiary alicyclic amines) is 1. The lowest BCUT2D eigenvalue weighted by molar-refractivity contribution is -0.137. The quantitative estimate of drug-likeness (QED) is 0.372. The fourth-order valence-corrected chi connectivity index (χ4v) is 4.68. The first kappa shape index (κ1) is 30.5. The molecule has 0 bridgehead atoms. The molecule has 0 aromatic heterocycles. The number of benzene rings is 2. The second-order valence-corrected chi connectivity index (χ2v) is 9.94. The number of amides is 4. The number of ether oxygens (including phenoxy) is 1. The highest BCUT2D eigenvalue weighted by molar-refractivity contribution is 5.97. The van der Waals surface area contributed by atoms with E-state index in [2.05, 4.69) is 10.6 Å². The molecule has 2 aromatic rings. The largest absolute Gasteiger partial charge is 0.417 e. The van der Waals surface area contributed by atoms with Crippen LogP contribution in [0.5, 0.6) is 0 Å². The summed E-state index contributed by atoms with van der Waals surface area (Å²) in [6.07, 6.45) is -4.77. The van der Waals surface area contributed by atoms with Crippen LogP contribution < -0.4 is 10.6 Å². The van der Waals surface area contributed by atoms with E-state index in [1.807, 2.05) is 4.90 Å². The van der Waals surface area contributed by atoms with Crippen molar-refractivity contribution in [1.82, 2.24) is 25.3 Å². The Morgan fingerprint density at radius 2 is 1.52 bits per heavy atom. The topological polar surface area (TPSA) is 128 Å². The fourth-order valence-electron chi connectivity index (χ4n) is 4.68. The summed E-state index contributed by atoms with van der Waals surface area (Å²) in [6.45, 7) is 1.69. The van der Waals surface area contributed by atoms with Crippen LogP contribution in [0.3, 0.4) is 0 Å². The summed E-state index contributed by atoms with van der Waals surface area (Å²) in [5.74, 6) is -2.18. The van der Waals surface area contributed by atoms with Crippen molar-refractivity contribution >= 4 is 29.8 Å². The summed E-state index contributed by atoms with van der Waals surface area (Å²) in [6, 6.07) is 11.8. The molecule has 1 atom stereocenters. The van der Waals surface area contributed by atoms with Crippen molar-refractivity contribution in [1.29, 1.82) is 0 Å². The third kappa shape index (κ3) is 8.28. The van der Waals surface area contributed by atoms with Crippen LogP contribution in [0.2, 0.25) is 0 Å². The van der Waals surface area contributed by atoms with Crippen LogP contribution in [0.15, 0.2) is 54.6 Å². The molecule has 2 fully saturated rings. The Hall–Kier alpha value is -4.46. The summed E-state index contributed by atoms with van der Waals surface area (Å²) in [4.78, 5) is 66.6. The molecule has 14 heteroatoms. The van der Waals surface area contributed by atoms with E-state index in [0.717, 1.165) is 18.2 Å². The van der Waals surface area contributed by atoms with Crippen LogP contribution in [-0.4, -0.2) is 103 Å². The molecule has 0 radical (unpaired) electrons. The maximum atomic E-state index is 12.9. The van der Waals surface area contributed by atoms with Crippen LogP contribution in [0.4, 0.5) is 18.0 Å². The standard InChI is InChI=1S/C28H30F3N5O6/c29-28(30,31)21-8-4-7-20(15-21)25(39)32-16-23(37)33-22-9-10-34(17-22)18-24(38)35-11-13-36(14-12-35)27(41)42-26(40)19-5-2-1-3-6-19/h1-8,15,22H,9-14,16-18H2,(H,32,39)(H,33,37)/t22-/m1/s1. The van der Waals surface area contributed by atoms with E-state index < -0.39 is 42.2 Å². The fraction of sp³-hybridized carbons (Fsp3) is 0.393. The molecule has 2 aliphatic rings. The van der Waals surface area contributed by atoms with Crippen LogP contribution in [-0.2, 0) is 20.5 Å². The van der Waals surface area contributed by atoms with Gasteiger partial charge >= 0.3 is 18.2 Å². The number of piperazine rings is 1. The Labute approximate surface area is 239 Å². The van der Waals surface area contributed by atoms with E-state index in [1.54, 1.807) is 35.2 Å². The predicted molar refractivity (Wildman–Crippen MR) is 142 cm³/mol. The Bertz CT molecular complexity index is 1310. The van der Waals surface area contributed by atoms with Crippen LogP contribution >= 0.6 is 0 Å². The van der Waals surface area contributed by atoms with E-state index in [1.165, 1.54) is 11.0 Å². The zero-order chi connectivity index (χ0) is 30.3. The number of nitrogens with one attached hydrogen (secondary N) is 2. The summed E-state index contributed by atoms with van der Waals surface area (Å²) < 4.78 is 43.5. The molecule has 0 unspecified atom stereocenters. The van der Waals surface area contributed by atoms with Crippen molar-refractivity contribution in [2.45, 2.75) is 18.6 Å². The average Bonchev–Trinajstić information content (AvgIpc) is 3.42. The van der Waals surface area contributed by atoms with Gasteiger partial charge in [-0.25, -0.2) is 9.59 Å². The van der Waals surface area contributed by atoms with Gasteiger partial charge < -0.3 is 25.2 Å². The number of esters is 1. The van der Waals surface area contributed by atoms with Gasteiger partial charge in [0.2, 0.25) is 11.8 Å². The first-order valence-electron chi connectivity index (χ1n) is 13.3. The molecular formula is C28H30F3N5O6. The zero-order valence-electron chi connectivity index (χ0n) is 22.6. The minimum Gasteiger partial charge on any atom is -0.372 e. The monoisotopic (exact) mass is 589 g/mol. The second-order valence-electron chi connectivity index (χ2n) is 9.94. The third-order valence-electron chi connectivity index (χ3n) is 6.94. The zero-order valence-corrected chi connectivity index (χ0v) is 22.6. The van der Waals surface area contributed by atoms with Gasteiger partial charge in [0.15, 0.2) is 0 Å². The predicted octanol–water partition coefficient (Wildman–Crippen LogP) is 1.75. The number of nitrogens with zero attached hydrogens (tertiary/aromatic N) is 3. The van der Waals surface area contributed by atoms with E-state index in [-0.39, 0.29) is 55.8 Å². The highest BCUT2D eigenvalue weighted by Crippen LogP contribution is 2.29. The van der Waals surface area contributed by atoms with Crippen molar-refractivity contribution in [3.8, 4) is 0 Å². The lowest BCUT2D eigenvalue weighted by Gasteiger charge is -2.34. The lowest BCUT2D eigenvalue weighted by atomic mass is 10.1. The Kier molecular flexibility index (Phi) is 9.78. The van der Waals surface area contributed by atoms with Gasteiger partial charge in [0, 0.05) is 50.9 Å². The average molecular weight is 590 g/mol. The first-order valence-corrected chi connectivity index (χ1v) is 13.3. The van der Waals surface area contributed by atoms with E-state index >= 15 is 0 Å². The van der Waals surface area contributed by atoms with Crippen molar-refractivity contribution in [3.05, 3.63) is 71.3 Å². The van der Waals surface area contributed by atoms with E-state index in [4.69, 9.17) is 4.74 Å². The summed E-state index contributed by atoms with van der Waals surface area (Å²) in [5.41, 5.74) is -0.902. The number of carbonyl (C=O) groups is 5. The molecule has 42 heavy (non-hydrogen) atoms. The summed E-state index contributed by atoms with van der Waals surface area (Å²) >= 11 is 0. The van der Waals surface area contributed by atoms with Gasteiger partial charge in [-0.3, -0.25) is 19.3 Å². The molecule has 2 aromatic carbocycles. The molecule has 0 aliphatic carbocycles. The normalized spacial score (nSPS) is 17.5. The molecule has 224 valence electrons. The molecule has 0 spiro atoms. The Morgan fingerprint density at radius 3 is 2.21 bits per heavy atom. The SMILES string of the molecule is O=C(CNC(=O)c1cccc(C(F)(F)F)c1)N[C@@H]1CCN(CC(=O)N2CCN(C(=O)OC(=O)c3ccccc3)CC2)C1. The third-order valence-corrected chi connectivity index (χ3v) is 6.94. The molecule has 4 amide bonds. The first-order chi connectivity index (χ1) is 20.0. The number of hydrogen-bond donors (Lipinski definition) is 2. The minimum absolute atomic E-state index is 0.121. The van der Waals surface area contributed by atoms with Crippen molar-refractivity contribution in [2.24, 2.45) is 0 Å². The van der Waals surface area contributed by atoms with Gasteiger partial charge in [0.25, 0.3) is 5.91 Å². The van der Waals surface area contributed by atoms with Crippen LogP contribution in [0, 0.1) is 0 Å². The maximum absolute atomic E-state index is 12.9. The number of carbonyl (C=O) groups excluding carboxylic acids is 5. The molecule has 11 nitrogen and oxygen atoms in total. The number of alkyl halides is 3. The van der Waals surface area contributed by atoms with Crippen molar-refractivity contribution in [2.75, 3.05) is 52.4 Å². The smallest absolute Gasteiger partial charge is 0.372 e. The molecule has 4 rings (SSSR count).